The van der Waals surface area contributed by atoms with E-state index in [1.165, 1.54) is 6.92 Å². The first-order valence-electron chi connectivity index (χ1n) is 8.69. The van der Waals surface area contributed by atoms with Gasteiger partial charge < -0.3 is 14.2 Å². The quantitative estimate of drug-likeness (QED) is 0.419. The SMILES string of the molecule is CCCCOC(=O)C1(OC(C)=O)CCC(C(=O)OC(C)(C)C)CC1. The number of hydrogen-bond acceptors (Lipinski definition) is 6. The second-order valence-electron chi connectivity index (χ2n) is 7.39. The molecular weight excluding hydrogens is 312 g/mol. The fraction of sp³-hybridized carbons (Fsp3) is 0.833. The van der Waals surface area contributed by atoms with E-state index in [1.807, 2.05) is 27.7 Å². The minimum absolute atomic E-state index is 0.265. The molecule has 0 amide bonds. The summed E-state index contributed by atoms with van der Waals surface area (Å²) in [4.78, 5) is 36.0. The highest BCUT2D eigenvalue weighted by Gasteiger charge is 2.48. The average Bonchev–Trinajstić information content (AvgIpc) is 2.45. The number of hydrogen-bond donors (Lipinski definition) is 0. The van der Waals surface area contributed by atoms with Gasteiger partial charge in [-0.15, -0.1) is 0 Å². The number of rotatable bonds is 6. The summed E-state index contributed by atoms with van der Waals surface area (Å²) in [5.74, 6) is -1.57. The number of ether oxygens (including phenoxy) is 3. The minimum atomic E-state index is -1.27. The van der Waals surface area contributed by atoms with Crippen LogP contribution < -0.4 is 0 Å². The maximum atomic E-state index is 12.4. The normalized spacial score (nSPS) is 24.1. The molecule has 1 rings (SSSR count). The summed E-state index contributed by atoms with van der Waals surface area (Å²) in [6.45, 7) is 9.06. The highest BCUT2D eigenvalue weighted by Crippen LogP contribution is 2.37. The molecule has 24 heavy (non-hydrogen) atoms. The van der Waals surface area contributed by atoms with E-state index in [-0.39, 0.29) is 24.7 Å². The molecule has 0 N–H and O–H groups in total. The van der Waals surface area contributed by atoms with Crippen molar-refractivity contribution in [3.8, 4) is 0 Å². The maximum Gasteiger partial charge on any atom is 0.350 e. The van der Waals surface area contributed by atoms with Crippen molar-refractivity contribution < 1.29 is 28.6 Å². The maximum absolute atomic E-state index is 12.4. The van der Waals surface area contributed by atoms with E-state index >= 15 is 0 Å². The van der Waals surface area contributed by atoms with E-state index in [1.54, 1.807) is 0 Å². The molecule has 0 aromatic carbocycles. The zero-order chi connectivity index (χ0) is 18.4. The lowest BCUT2D eigenvalue weighted by molar-refractivity contribution is -0.189. The van der Waals surface area contributed by atoms with Crippen LogP contribution in [0.2, 0.25) is 0 Å². The fourth-order valence-electron chi connectivity index (χ4n) is 2.77. The first-order valence-corrected chi connectivity index (χ1v) is 8.69. The van der Waals surface area contributed by atoms with Gasteiger partial charge in [-0.1, -0.05) is 13.3 Å². The molecule has 6 nitrogen and oxygen atoms in total. The van der Waals surface area contributed by atoms with Crippen LogP contribution in [0.3, 0.4) is 0 Å². The van der Waals surface area contributed by atoms with E-state index < -0.39 is 23.1 Å². The molecule has 0 aromatic heterocycles. The first kappa shape index (κ1) is 20.5. The molecule has 0 radical (unpaired) electrons. The molecule has 138 valence electrons. The van der Waals surface area contributed by atoms with E-state index in [0.29, 0.717) is 19.4 Å². The van der Waals surface area contributed by atoms with Gasteiger partial charge in [-0.2, -0.15) is 0 Å². The zero-order valence-electron chi connectivity index (χ0n) is 15.5. The zero-order valence-corrected chi connectivity index (χ0v) is 15.5. The van der Waals surface area contributed by atoms with Gasteiger partial charge >= 0.3 is 17.9 Å². The summed E-state index contributed by atoms with van der Waals surface area (Å²) >= 11 is 0. The van der Waals surface area contributed by atoms with Crippen molar-refractivity contribution in [2.24, 2.45) is 5.92 Å². The molecule has 0 heterocycles. The Labute approximate surface area is 144 Å². The molecule has 1 aliphatic carbocycles. The lowest BCUT2D eigenvalue weighted by Gasteiger charge is -2.37. The molecule has 1 fully saturated rings. The summed E-state index contributed by atoms with van der Waals surface area (Å²) in [6.07, 6.45) is 3.11. The molecule has 1 aliphatic rings. The fourth-order valence-corrected chi connectivity index (χ4v) is 2.77. The molecule has 0 aliphatic heterocycles. The van der Waals surface area contributed by atoms with Gasteiger partial charge in [0, 0.05) is 6.92 Å². The van der Waals surface area contributed by atoms with E-state index in [0.717, 1.165) is 12.8 Å². The smallest absolute Gasteiger partial charge is 0.350 e. The van der Waals surface area contributed by atoms with E-state index in [2.05, 4.69) is 0 Å². The van der Waals surface area contributed by atoms with Crippen molar-refractivity contribution in [2.75, 3.05) is 6.61 Å². The predicted octanol–water partition coefficient (Wildman–Crippen LogP) is 3.16. The highest BCUT2D eigenvalue weighted by molar-refractivity contribution is 5.83. The molecule has 0 spiro atoms. The Kier molecular flexibility index (Phi) is 7.24. The summed E-state index contributed by atoms with van der Waals surface area (Å²) in [5.41, 5.74) is -1.81. The number of esters is 3. The molecule has 6 heteroatoms. The van der Waals surface area contributed by atoms with Crippen LogP contribution in [0.15, 0.2) is 0 Å². The monoisotopic (exact) mass is 342 g/mol. The summed E-state index contributed by atoms with van der Waals surface area (Å²) in [6, 6.07) is 0. The average molecular weight is 342 g/mol. The van der Waals surface area contributed by atoms with Crippen LogP contribution in [0.5, 0.6) is 0 Å². The van der Waals surface area contributed by atoms with E-state index in [9.17, 15) is 14.4 Å². The van der Waals surface area contributed by atoms with E-state index in [4.69, 9.17) is 14.2 Å². The molecular formula is C18H30O6. The van der Waals surface area contributed by atoms with Crippen LogP contribution in [0.25, 0.3) is 0 Å². The van der Waals surface area contributed by atoms with Gasteiger partial charge in [0.1, 0.15) is 5.60 Å². The summed E-state index contributed by atoms with van der Waals surface area (Å²) in [5, 5.41) is 0. The third kappa shape index (κ3) is 6.13. The van der Waals surface area contributed by atoms with Gasteiger partial charge in [-0.3, -0.25) is 9.59 Å². The number of carbonyl (C=O) groups excluding carboxylic acids is 3. The molecule has 0 bridgehead atoms. The molecule has 1 saturated carbocycles. The second-order valence-corrected chi connectivity index (χ2v) is 7.39. The van der Waals surface area contributed by atoms with Gasteiger partial charge in [-0.25, -0.2) is 4.79 Å². The Morgan fingerprint density at radius 3 is 2.17 bits per heavy atom. The van der Waals surface area contributed by atoms with Gasteiger partial charge in [-0.05, 0) is 52.9 Å². The van der Waals surface area contributed by atoms with Crippen LogP contribution in [0.1, 0.15) is 73.1 Å². The lowest BCUT2D eigenvalue weighted by Crippen LogP contribution is -2.48. The Morgan fingerprint density at radius 2 is 1.71 bits per heavy atom. The van der Waals surface area contributed by atoms with Crippen LogP contribution >= 0.6 is 0 Å². The second kappa shape index (κ2) is 8.49. The van der Waals surface area contributed by atoms with Crippen LogP contribution in [-0.4, -0.2) is 35.7 Å². The van der Waals surface area contributed by atoms with Gasteiger partial charge in [0.15, 0.2) is 0 Å². The predicted molar refractivity (Wildman–Crippen MR) is 88.2 cm³/mol. The van der Waals surface area contributed by atoms with Crippen LogP contribution in [0, 0.1) is 5.92 Å². The van der Waals surface area contributed by atoms with Crippen molar-refractivity contribution in [1.82, 2.24) is 0 Å². The van der Waals surface area contributed by atoms with Gasteiger partial charge in [0.25, 0.3) is 0 Å². The van der Waals surface area contributed by atoms with Crippen LogP contribution in [0.4, 0.5) is 0 Å². The van der Waals surface area contributed by atoms with Gasteiger partial charge in [0.2, 0.25) is 5.60 Å². The number of unbranched alkanes of at least 4 members (excludes halogenated alkanes) is 1. The van der Waals surface area contributed by atoms with Crippen molar-refractivity contribution >= 4 is 17.9 Å². The summed E-state index contributed by atoms with van der Waals surface area (Å²) < 4.78 is 16.0. The molecule has 0 atom stereocenters. The molecule has 0 aromatic rings. The highest BCUT2D eigenvalue weighted by atomic mass is 16.6. The van der Waals surface area contributed by atoms with Crippen molar-refractivity contribution in [3.05, 3.63) is 0 Å². The third-order valence-corrected chi connectivity index (χ3v) is 3.98. The van der Waals surface area contributed by atoms with Crippen molar-refractivity contribution in [3.63, 3.8) is 0 Å². The summed E-state index contributed by atoms with van der Waals surface area (Å²) in [7, 11) is 0. The minimum Gasteiger partial charge on any atom is -0.463 e. The number of carbonyl (C=O) groups is 3. The largest absolute Gasteiger partial charge is 0.463 e. The van der Waals surface area contributed by atoms with Crippen molar-refractivity contribution in [2.45, 2.75) is 84.3 Å². The standard InChI is InChI=1S/C18H30O6/c1-6-7-12-22-16(21)18(23-13(2)19)10-8-14(9-11-18)15(20)24-17(3,4)5/h14H,6-12H2,1-5H3. The van der Waals surface area contributed by atoms with Crippen LogP contribution in [-0.2, 0) is 28.6 Å². The Hall–Kier alpha value is -1.59. The Morgan fingerprint density at radius 1 is 1.12 bits per heavy atom. The topological polar surface area (TPSA) is 78.9 Å². The molecule has 0 saturated heterocycles. The third-order valence-electron chi connectivity index (χ3n) is 3.98. The Bertz CT molecular complexity index is 455. The molecule has 0 unspecified atom stereocenters. The van der Waals surface area contributed by atoms with Crippen molar-refractivity contribution in [1.29, 1.82) is 0 Å². The first-order chi connectivity index (χ1) is 11.1. The lowest BCUT2D eigenvalue weighted by atomic mass is 9.78. The Balaban J connectivity index is 2.71. The van der Waals surface area contributed by atoms with Gasteiger partial charge in [0.05, 0.1) is 12.5 Å².